The van der Waals surface area contributed by atoms with Crippen LogP contribution in [0, 0.1) is 6.92 Å². The molecule has 0 radical (unpaired) electrons. The van der Waals surface area contributed by atoms with Crippen molar-refractivity contribution in [3.05, 3.63) is 45.9 Å². The summed E-state index contributed by atoms with van der Waals surface area (Å²) in [6.07, 6.45) is 0. The number of rotatable bonds is 3. The van der Waals surface area contributed by atoms with Crippen LogP contribution in [0.4, 0.5) is 0 Å². The molecule has 0 atom stereocenters. The van der Waals surface area contributed by atoms with Crippen LogP contribution in [-0.4, -0.2) is 4.98 Å². The van der Waals surface area contributed by atoms with Gasteiger partial charge in [0.05, 0.1) is 11.4 Å². The van der Waals surface area contributed by atoms with Gasteiger partial charge in [0.25, 0.3) is 0 Å². The molecule has 1 aromatic heterocycles. The van der Waals surface area contributed by atoms with Gasteiger partial charge < -0.3 is 0 Å². The minimum Gasteiger partial charge on any atom is -0.245 e. The molecule has 0 amide bonds. The molecule has 0 aliphatic carbocycles. The van der Waals surface area contributed by atoms with E-state index >= 15 is 0 Å². The van der Waals surface area contributed by atoms with Crippen molar-refractivity contribution in [2.24, 2.45) is 0 Å². The summed E-state index contributed by atoms with van der Waals surface area (Å²) in [5.74, 6) is 0.962. The largest absolute Gasteiger partial charge is 0.245 e. The number of hydrogen-bond acceptors (Lipinski definition) is 3. The van der Waals surface area contributed by atoms with E-state index in [4.69, 9.17) is 4.98 Å². The van der Waals surface area contributed by atoms with Crippen molar-refractivity contribution in [2.75, 3.05) is 0 Å². The van der Waals surface area contributed by atoms with Gasteiger partial charge in [-0.25, -0.2) is 4.98 Å². The third-order valence-electron chi connectivity index (χ3n) is 2.70. The van der Waals surface area contributed by atoms with Gasteiger partial charge in [0, 0.05) is 15.7 Å². The first-order valence-corrected chi connectivity index (χ1v) is 7.96. The maximum absolute atomic E-state index is 4.71. The molecule has 1 heterocycles. The summed E-state index contributed by atoms with van der Waals surface area (Å²) in [5.41, 5.74) is 2.67. The summed E-state index contributed by atoms with van der Waals surface area (Å²) in [4.78, 5) is 6.02. The van der Waals surface area contributed by atoms with Gasteiger partial charge in [-0.15, -0.1) is 23.1 Å². The van der Waals surface area contributed by atoms with Gasteiger partial charge in [-0.1, -0.05) is 38.5 Å². The van der Waals surface area contributed by atoms with E-state index in [2.05, 4.69) is 57.3 Å². The van der Waals surface area contributed by atoms with Gasteiger partial charge in [-0.2, -0.15) is 0 Å². The summed E-state index contributed by atoms with van der Waals surface area (Å²) in [6.45, 7) is 8.74. The van der Waals surface area contributed by atoms with E-state index < -0.39 is 0 Å². The third kappa shape index (κ3) is 3.59. The number of benzene rings is 1. The zero-order valence-corrected chi connectivity index (χ0v) is 13.0. The van der Waals surface area contributed by atoms with Crippen LogP contribution in [0.15, 0.2) is 34.5 Å². The number of aromatic nitrogens is 1. The van der Waals surface area contributed by atoms with Crippen molar-refractivity contribution in [1.82, 2.24) is 4.98 Å². The van der Waals surface area contributed by atoms with Crippen LogP contribution in [-0.2, 0) is 11.2 Å². The fourth-order valence-electron chi connectivity index (χ4n) is 1.50. The van der Waals surface area contributed by atoms with Gasteiger partial charge in [-0.05, 0) is 19.1 Å². The van der Waals surface area contributed by atoms with E-state index in [1.807, 2.05) is 11.8 Å². The minimum atomic E-state index is 0.156. The van der Waals surface area contributed by atoms with Crippen molar-refractivity contribution in [3.63, 3.8) is 0 Å². The third-order valence-corrected chi connectivity index (χ3v) is 4.76. The molecule has 0 aliphatic heterocycles. The SMILES string of the molecule is Cc1ccc(SCc2nc(C(C)(C)C)cs2)cc1. The first kappa shape index (κ1) is 13.6. The van der Waals surface area contributed by atoms with E-state index in [0.29, 0.717) is 0 Å². The molecule has 0 bridgehead atoms. The van der Waals surface area contributed by atoms with Crippen LogP contribution in [0.5, 0.6) is 0 Å². The highest BCUT2D eigenvalue weighted by molar-refractivity contribution is 7.98. The Balaban J connectivity index is 1.98. The summed E-state index contributed by atoms with van der Waals surface area (Å²) in [7, 11) is 0. The number of thiazole rings is 1. The summed E-state index contributed by atoms with van der Waals surface area (Å²) >= 11 is 3.62. The normalized spacial score (nSPS) is 11.8. The number of nitrogens with zero attached hydrogens (tertiary/aromatic N) is 1. The first-order valence-electron chi connectivity index (χ1n) is 6.09. The average molecular weight is 277 g/mol. The topological polar surface area (TPSA) is 12.9 Å². The lowest BCUT2D eigenvalue weighted by Crippen LogP contribution is -2.11. The first-order chi connectivity index (χ1) is 8.45. The van der Waals surface area contributed by atoms with E-state index in [-0.39, 0.29) is 5.41 Å². The summed E-state index contributed by atoms with van der Waals surface area (Å²) in [6, 6.07) is 8.67. The Labute approximate surface area is 118 Å². The predicted octanol–water partition coefficient (Wildman–Crippen LogP) is 5.04. The molecule has 0 aliphatic rings. The van der Waals surface area contributed by atoms with E-state index in [9.17, 15) is 0 Å². The van der Waals surface area contributed by atoms with E-state index in [0.717, 1.165) is 5.75 Å². The molecule has 2 rings (SSSR count). The van der Waals surface area contributed by atoms with Crippen molar-refractivity contribution in [3.8, 4) is 0 Å². The number of aryl methyl sites for hydroxylation is 1. The molecule has 0 fully saturated rings. The standard InChI is InChI=1S/C15H19NS2/c1-11-5-7-12(8-6-11)17-10-14-16-13(9-18-14)15(2,3)4/h5-9H,10H2,1-4H3. The number of thioether (sulfide) groups is 1. The van der Waals surface area contributed by atoms with Gasteiger partial charge in [-0.3, -0.25) is 0 Å². The number of hydrogen-bond donors (Lipinski definition) is 0. The molecule has 0 saturated heterocycles. The van der Waals surface area contributed by atoms with Crippen LogP contribution >= 0.6 is 23.1 Å². The summed E-state index contributed by atoms with van der Waals surface area (Å²) in [5, 5.41) is 3.40. The van der Waals surface area contributed by atoms with Crippen molar-refractivity contribution >= 4 is 23.1 Å². The lowest BCUT2D eigenvalue weighted by atomic mass is 9.93. The lowest BCUT2D eigenvalue weighted by Gasteiger charge is -2.14. The second-order valence-electron chi connectivity index (χ2n) is 5.48. The maximum Gasteiger partial charge on any atom is 0.103 e. The zero-order valence-electron chi connectivity index (χ0n) is 11.4. The molecule has 0 saturated carbocycles. The molecule has 1 aromatic carbocycles. The van der Waals surface area contributed by atoms with Crippen molar-refractivity contribution in [1.29, 1.82) is 0 Å². The molecular formula is C15H19NS2. The Morgan fingerprint density at radius 1 is 1.17 bits per heavy atom. The van der Waals surface area contributed by atoms with Crippen LogP contribution in [0.25, 0.3) is 0 Å². The molecule has 18 heavy (non-hydrogen) atoms. The molecule has 2 aromatic rings. The lowest BCUT2D eigenvalue weighted by molar-refractivity contribution is 0.572. The quantitative estimate of drug-likeness (QED) is 0.729. The zero-order chi connectivity index (χ0) is 13.2. The van der Waals surface area contributed by atoms with E-state index in [1.165, 1.54) is 21.2 Å². The monoisotopic (exact) mass is 277 g/mol. The van der Waals surface area contributed by atoms with Crippen molar-refractivity contribution < 1.29 is 0 Å². The fraction of sp³-hybridized carbons (Fsp3) is 0.400. The molecule has 3 heteroatoms. The maximum atomic E-state index is 4.71. The average Bonchev–Trinajstić information content (AvgIpc) is 2.77. The Bertz CT molecular complexity index is 506. The van der Waals surface area contributed by atoms with Gasteiger partial charge in [0.2, 0.25) is 0 Å². The molecule has 0 unspecified atom stereocenters. The molecule has 0 spiro atoms. The summed E-state index contributed by atoms with van der Waals surface area (Å²) < 4.78 is 0. The van der Waals surface area contributed by atoms with Crippen LogP contribution < -0.4 is 0 Å². The van der Waals surface area contributed by atoms with Crippen LogP contribution in [0.3, 0.4) is 0 Å². The second kappa shape index (κ2) is 5.45. The Morgan fingerprint density at radius 2 is 1.83 bits per heavy atom. The molecule has 96 valence electrons. The Morgan fingerprint density at radius 3 is 2.39 bits per heavy atom. The molecule has 1 nitrogen and oxygen atoms in total. The van der Waals surface area contributed by atoms with Gasteiger partial charge in [0.1, 0.15) is 5.01 Å². The highest BCUT2D eigenvalue weighted by atomic mass is 32.2. The highest BCUT2D eigenvalue weighted by Crippen LogP contribution is 2.28. The van der Waals surface area contributed by atoms with E-state index in [1.54, 1.807) is 11.3 Å². The Kier molecular flexibility index (Phi) is 4.13. The predicted molar refractivity (Wildman–Crippen MR) is 81.6 cm³/mol. The van der Waals surface area contributed by atoms with Crippen LogP contribution in [0.2, 0.25) is 0 Å². The molecular weight excluding hydrogens is 258 g/mol. The molecule has 0 N–H and O–H groups in total. The smallest absolute Gasteiger partial charge is 0.103 e. The van der Waals surface area contributed by atoms with Gasteiger partial charge >= 0.3 is 0 Å². The highest BCUT2D eigenvalue weighted by Gasteiger charge is 2.17. The van der Waals surface area contributed by atoms with Crippen LogP contribution in [0.1, 0.15) is 37.0 Å². The minimum absolute atomic E-state index is 0.156. The fourth-order valence-corrected chi connectivity index (χ4v) is 3.44. The second-order valence-corrected chi connectivity index (χ2v) is 7.47. The Hall–Kier alpha value is -0.800. The van der Waals surface area contributed by atoms with Crippen molar-refractivity contribution in [2.45, 2.75) is 43.8 Å². The van der Waals surface area contributed by atoms with Gasteiger partial charge in [0.15, 0.2) is 0 Å².